The number of nitrogens with zero attached hydrogens (tertiary/aromatic N) is 3. The summed E-state index contributed by atoms with van der Waals surface area (Å²) < 4.78 is 0. The molecule has 1 aliphatic rings. The predicted molar refractivity (Wildman–Crippen MR) is 123 cm³/mol. The second-order valence-corrected chi connectivity index (χ2v) is 8.49. The molecule has 0 atom stereocenters. The molecular weight excluding hydrogens is 378 g/mol. The SMILES string of the molecule is CN=C(NCCCCCCCC(=O)N(C)CC1(CO)CCCC1)Nc1ccncc1. The number of aliphatic hydroxyl groups excluding tert-OH is 1. The predicted octanol–water partition coefficient (Wildman–Crippen LogP) is 3.42. The van der Waals surface area contributed by atoms with Crippen molar-refractivity contribution in [1.82, 2.24) is 15.2 Å². The Bertz CT molecular complexity index is 644. The van der Waals surface area contributed by atoms with Crippen molar-refractivity contribution in [3.63, 3.8) is 0 Å². The Kier molecular flexibility index (Phi) is 10.6. The van der Waals surface area contributed by atoms with Gasteiger partial charge in [0.1, 0.15) is 0 Å². The summed E-state index contributed by atoms with van der Waals surface area (Å²) in [6.45, 7) is 1.76. The molecule has 0 aliphatic heterocycles. The van der Waals surface area contributed by atoms with Crippen LogP contribution < -0.4 is 10.6 Å². The van der Waals surface area contributed by atoms with Crippen molar-refractivity contribution in [3.05, 3.63) is 24.5 Å². The van der Waals surface area contributed by atoms with Crippen molar-refractivity contribution in [1.29, 1.82) is 0 Å². The summed E-state index contributed by atoms with van der Waals surface area (Å²) in [6, 6.07) is 3.81. The van der Waals surface area contributed by atoms with Crippen LogP contribution in [0.25, 0.3) is 0 Å². The van der Waals surface area contributed by atoms with Gasteiger partial charge >= 0.3 is 0 Å². The van der Waals surface area contributed by atoms with Gasteiger partial charge in [-0.1, -0.05) is 32.1 Å². The molecule has 2 rings (SSSR count). The van der Waals surface area contributed by atoms with Gasteiger partial charge in [0.15, 0.2) is 5.96 Å². The van der Waals surface area contributed by atoms with Crippen molar-refractivity contribution >= 4 is 17.6 Å². The molecule has 1 heterocycles. The number of rotatable bonds is 12. The van der Waals surface area contributed by atoms with E-state index in [0.29, 0.717) is 13.0 Å². The summed E-state index contributed by atoms with van der Waals surface area (Å²) in [4.78, 5) is 22.5. The molecule has 1 saturated carbocycles. The number of hydrogen-bond acceptors (Lipinski definition) is 4. The van der Waals surface area contributed by atoms with E-state index in [0.717, 1.165) is 63.1 Å². The lowest BCUT2D eigenvalue weighted by molar-refractivity contribution is -0.131. The Balaban J connectivity index is 1.50. The first-order chi connectivity index (χ1) is 14.6. The summed E-state index contributed by atoms with van der Waals surface area (Å²) in [5.41, 5.74) is 0.912. The number of aromatic nitrogens is 1. The van der Waals surface area contributed by atoms with E-state index in [2.05, 4.69) is 20.6 Å². The van der Waals surface area contributed by atoms with Crippen molar-refractivity contribution in [2.75, 3.05) is 39.1 Å². The van der Waals surface area contributed by atoms with E-state index in [4.69, 9.17) is 0 Å². The van der Waals surface area contributed by atoms with Gasteiger partial charge in [-0.3, -0.25) is 14.8 Å². The van der Waals surface area contributed by atoms with Gasteiger partial charge in [-0.15, -0.1) is 0 Å². The van der Waals surface area contributed by atoms with Crippen LogP contribution in [-0.4, -0.2) is 60.6 Å². The number of anilines is 1. The standard InChI is InChI=1S/C23H39N5O2/c1-24-22(27-20-11-16-25-17-12-20)26-15-9-5-3-4-6-10-21(30)28(2)18-23(19-29)13-7-8-14-23/h11-12,16-17,29H,3-10,13-15,18-19H2,1-2H3,(H2,24,25,26,27). The van der Waals surface area contributed by atoms with Gasteiger partial charge in [-0.05, 0) is 37.8 Å². The molecule has 30 heavy (non-hydrogen) atoms. The molecule has 3 N–H and O–H groups in total. The lowest BCUT2D eigenvalue weighted by atomic mass is 9.86. The van der Waals surface area contributed by atoms with Gasteiger partial charge in [0.2, 0.25) is 5.91 Å². The fourth-order valence-corrected chi connectivity index (χ4v) is 4.16. The van der Waals surface area contributed by atoms with Crippen LogP contribution in [0.2, 0.25) is 0 Å². The third-order valence-corrected chi connectivity index (χ3v) is 6.02. The van der Waals surface area contributed by atoms with Crippen LogP contribution in [0.5, 0.6) is 0 Å². The number of pyridine rings is 1. The van der Waals surface area contributed by atoms with E-state index in [9.17, 15) is 9.90 Å². The van der Waals surface area contributed by atoms with Crippen molar-refractivity contribution in [2.45, 2.75) is 64.2 Å². The molecule has 0 saturated heterocycles. The van der Waals surface area contributed by atoms with Crippen molar-refractivity contribution < 1.29 is 9.90 Å². The van der Waals surface area contributed by atoms with E-state index >= 15 is 0 Å². The first-order valence-corrected chi connectivity index (χ1v) is 11.3. The number of amides is 1. The molecule has 1 fully saturated rings. The van der Waals surface area contributed by atoms with Crippen LogP contribution in [0.3, 0.4) is 0 Å². The van der Waals surface area contributed by atoms with E-state index < -0.39 is 0 Å². The van der Waals surface area contributed by atoms with E-state index in [1.807, 2.05) is 24.1 Å². The number of aliphatic hydroxyl groups is 1. The van der Waals surface area contributed by atoms with E-state index in [1.54, 1.807) is 19.4 Å². The highest BCUT2D eigenvalue weighted by Crippen LogP contribution is 2.38. The molecule has 168 valence electrons. The maximum atomic E-state index is 12.4. The third kappa shape index (κ3) is 8.30. The first-order valence-electron chi connectivity index (χ1n) is 11.3. The lowest BCUT2D eigenvalue weighted by Crippen LogP contribution is -2.39. The fourth-order valence-electron chi connectivity index (χ4n) is 4.16. The fraction of sp³-hybridized carbons (Fsp3) is 0.696. The van der Waals surface area contributed by atoms with Crippen LogP contribution in [0.1, 0.15) is 64.2 Å². The minimum absolute atomic E-state index is 0.0513. The van der Waals surface area contributed by atoms with E-state index in [1.165, 1.54) is 12.8 Å². The molecule has 0 aromatic carbocycles. The number of carbonyl (C=O) groups is 1. The Hall–Kier alpha value is -2.15. The molecular formula is C23H39N5O2. The zero-order chi connectivity index (χ0) is 21.7. The molecule has 1 aromatic rings. The minimum atomic E-state index is -0.0513. The average molecular weight is 418 g/mol. The van der Waals surface area contributed by atoms with Crippen molar-refractivity contribution in [3.8, 4) is 0 Å². The summed E-state index contributed by atoms with van der Waals surface area (Å²) >= 11 is 0. The van der Waals surface area contributed by atoms with Gasteiger partial charge in [0.25, 0.3) is 0 Å². The smallest absolute Gasteiger partial charge is 0.222 e. The molecule has 0 bridgehead atoms. The number of aliphatic imine (C=N–C) groups is 1. The topological polar surface area (TPSA) is 89.9 Å². The highest BCUT2D eigenvalue weighted by Gasteiger charge is 2.35. The second kappa shape index (κ2) is 13.2. The lowest BCUT2D eigenvalue weighted by Gasteiger charge is -2.31. The van der Waals surface area contributed by atoms with Crippen LogP contribution in [0.15, 0.2) is 29.5 Å². The highest BCUT2D eigenvalue weighted by atomic mass is 16.3. The molecule has 1 amide bonds. The number of carbonyl (C=O) groups excluding carboxylic acids is 1. The maximum Gasteiger partial charge on any atom is 0.222 e. The summed E-state index contributed by atoms with van der Waals surface area (Å²) in [5, 5.41) is 16.3. The minimum Gasteiger partial charge on any atom is -0.396 e. The summed E-state index contributed by atoms with van der Waals surface area (Å²) in [6.07, 6.45) is 13.9. The number of guanidine groups is 1. The quantitative estimate of drug-likeness (QED) is 0.275. The summed E-state index contributed by atoms with van der Waals surface area (Å²) in [5.74, 6) is 0.972. The van der Waals surface area contributed by atoms with Crippen LogP contribution in [0.4, 0.5) is 5.69 Å². The molecule has 1 aromatic heterocycles. The van der Waals surface area contributed by atoms with Gasteiger partial charge < -0.3 is 20.6 Å². The zero-order valence-electron chi connectivity index (χ0n) is 18.7. The normalized spacial score (nSPS) is 15.8. The third-order valence-electron chi connectivity index (χ3n) is 6.02. The molecule has 7 nitrogen and oxygen atoms in total. The average Bonchev–Trinajstić information content (AvgIpc) is 3.24. The molecule has 7 heteroatoms. The molecule has 0 radical (unpaired) electrons. The Morgan fingerprint density at radius 1 is 1.17 bits per heavy atom. The summed E-state index contributed by atoms with van der Waals surface area (Å²) in [7, 11) is 3.65. The van der Waals surface area contributed by atoms with Crippen LogP contribution >= 0.6 is 0 Å². The number of hydrogen-bond donors (Lipinski definition) is 3. The van der Waals surface area contributed by atoms with Crippen molar-refractivity contribution in [2.24, 2.45) is 10.4 Å². The van der Waals surface area contributed by atoms with Gasteiger partial charge in [0.05, 0.1) is 6.61 Å². The number of unbranched alkanes of at least 4 members (excludes halogenated alkanes) is 4. The second-order valence-electron chi connectivity index (χ2n) is 8.49. The molecule has 1 aliphatic carbocycles. The molecule has 0 unspecified atom stereocenters. The largest absolute Gasteiger partial charge is 0.396 e. The van der Waals surface area contributed by atoms with E-state index in [-0.39, 0.29) is 17.9 Å². The Labute approximate surface area is 181 Å². The zero-order valence-corrected chi connectivity index (χ0v) is 18.7. The molecule has 0 spiro atoms. The van der Waals surface area contributed by atoms with Gasteiger partial charge in [0, 0.05) is 57.1 Å². The maximum absolute atomic E-state index is 12.4. The first kappa shape index (κ1) is 24.1. The van der Waals surface area contributed by atoms with Crippen LogP contribution in [-0.2, 0) is 4.79 Å². The number of nitrogens with one attached hydrogen (secondary N) is 2. The van der Waals surface area contributed by atoms with Gasteiger partial charge in [-0.2, -0.15) is 0 Å². The van der Waals surface area contributed by atoms with Crippen LogP contribution in [0, 0.1) is 5.41 Å². The Morgan fingerprint density at radius 3 is 2.50 bits per heavy atom. The monoisotopic (exact) mass is 417 g/mol. The Morgan fingerprint density at radius 2 is 1.83 bits per heavy atom. The van der Waals surface area contributed by atoms with Gasteiger partial charge in [-0.25, -0.2) is 0 Å². The highest BCUT2D eigenvalue weighted by molar-refractivity contribution is 5.93.